The smallest absolute Gasteiger partial charge is 0.245 e. The molecule has 1 unspecified atom stereocenters. The molecule has 0 aliphatic carbocycles. The molecule has 2 aliphatic heterocycles. The molecule has 0 radical (unpaired) electrons. The summed E-state index contributed by atoms with van der Waals surface area (Å²) in [5.41, 5.74) is 3.68. The summed E-state index contributed by atoms with van der Waals surface area (Å²) in [6, 6.07) is 18.0. The van der Waals surface area contributed by atoms with Crippen LogP contribution in [0.1, 0.15) is 36.0 Å². The second-order valence-corrected chi connectivity index (χ2v) is 8.79. The summed E-state index contributed by atoms with van der Waals surface area (Å²) >= 11 is 0. The van der Waals surface area contributed by atoms with Crippen LogP contribution in [0.5, 0.6) is 0 Å². The molecular weight excluding hydrogens is 386 g/mol. The summed E-state index contributed by atoms with van der Waals surface area (Å²) in [7, 11) is 0. The van der Waals surface area contributed by atoms with E-state index < -0.39 is 0 Å². The number of benzene rings is 2. The molecule has 2 amide bonds. The topological polar surface area (TPSA) is 43.9 Å². The predicted molar refractivity (Wildman–Crippen MR) is 123 cm³/mol. The fraction of sp³-hybridized carbons (Fsp3) is 0.462. The SMILES string of the molecule is Cc1ccccc1CN1CCCN(C(=O)C2CCCN2C(=O)Cc2ccccc2)CC1. The van der Waals surface area contributed by atoms with Gasteiger partial charge in [0.2, 0.25) is 11.8 Å². The van der Waals surface area contributed by atoms with Crippen LogP contribution in [-0.4, -0.2) is 65.3 Å². The molecule has 2 aliphatic rings. The molecule has 31 heavy (non-hydrogen) atoms. The minimum Gasteiger partial charge on any atom is -0.340 e. The first kappa shape index (κ1) is 21.6. The highest BCUT2D eigenvalue weighted by molar-refractivity contribution is 5.89. The maximum Gasteiger partial charge on any atom is 0.245 e. The molecule has 1 atom stereocenters. The molecule has 164 valence electrons. The number of amides is 2. The van der Waals surface area contributed by atoms with Crippen molar-refractivity contribution in [3.8, 4) is 0 Å². The van der Waals surface area contributed by atoms with Crippen LogP contribution in [0.3, 0.4) is 0 Å². The average Bonchev–Trinajstić information content (AvgIpc) is 3.16. The van der Waals surface area contributed by atoms with Gasteiger partial charge in [-0.3, -0.25) is 14.5 Å². The molecule has 0 saturated carbocycles. The Morgan fingerprint density at radius 2 is 1.65 bits per heavy atom. The first-order valence-corrected chi connectivity index (χ1v) is 11.5. The van der Waals surface area contributed by atoms with Crippen LogP contribution in [0.2, 0.25) is 0 Å². The summed E-state index contributed by atoms with van der Waals surface area (Å²) in [6.07, 6.45) is 3.03. The summed E-state index contributed by atoms with van der Waals surface area (Å²) in [5.74, 6) is 0.203. The van der Waals surface area contributed by atoms with Crippen molar-refractivity contribution in [3.05, 3.63) is 71.3 Å². The van der Waals surface area contributed by atoms with Crippen molar-refractivity contribution in [2.45, 2.75) is 45.2 Å². The van der Waals surface area contributed by atoms with E-state index in [0.29, 0.717) is 13.0 Å². The van der Waals surface area contributed by atoms with Gasteiger partial charge in [0.05, 0.1) is 6.42 Å². The number of aryl methyl sites for hydroxylation is 1. The van der Waals surface area contributed by atoms with Crippen molar-refractivity contribution in [2.24, 2.45) is 0 Å². The number of nitrogens with zero attached hydrogens (tertiary/aromatic N) is 3. The highest BCUT2D eigenvalue weighted by atomic mass is 16.2. The Hall–Kier alpha value is -2.66. The number of rotatable bonds is 5. The number of likely N-dealkylation sites (tertiary alicyclic amines) is 1. The van der Waals surface area contributed by atoms with E-state index >= 15 is 0 Å². The lowest BCUT2D eigenvalue weighted by Gasteiger charge is -2.30. The molecule has 2 aromatic carbocycles. The summed E-state index contributed by atoms with van der Waals surface area (Å²) in [5, 5.41) is 0. The summed E-state index contributed by atoms with van der Waals surface area (Å²) in [4.78, 5) is 32.5. The number of carbonyl (C=O) groups is 2. The third-order valence-corrected chi connectivity index (χ3v) is 6.61. The van der Waals surface area contributed by atoms with Crippen molar-refractivity contribution in [3.63, 3.8) is 0 Å². The number of hydrogen-bond acceptors (Lipinski definition) is 3. The maximum absolute atomic E-state index is 13.4. The third-order valence-electron chi connectivity index (χ3n) is 6.61. The van der Waals surface area contributed by atoms with Gasteiger partial charge < -0.3 is 9.80 Å². The monoisotopic (exact) mass is 419 g/mol. The first-order chi connectivity index (χ1) is 15.1. The zero-order valence-electron chi connectivity index (χ0n) is 18.5. The predicted octanol–water partition coefficient (Wildman–Crippen LogP) is 3.26. The number of carbonyl (C=O) groups excluding carboxylic acids is 2. The second kappa shape index (κ2) is 10.1. The average molecular weight is 420 g/mol. The van der Waals surface area contributed by atoms with E-state index in [1.807, 2.05) is 40.1 Å². The zero-order chi connectivity index (χ0) is 21.6. The summed E-state index contributed by atoms with van der Waals surface area (Å²) < 4.78 is 0. The third kappa shape index (κ3) is 5.34. The Kier molecular flexibility index (Phi) is 7.03. The van der Waals surface area contributed by atoms with E-state index in [1.165, 1.54) is 11.1 Å². The molecule has 0 bridgehead atoms. The molecule has 5 heteroatoms. The van der Waals surface area contributed by atoms with Crippen molar-refractivity contribution in [1.29, 1.82) is 0 Å². The second-order valence-electron chi connectivity index (χ2n) is 8.79. The van der Waals surface area contributed by atoms with Gasteiger partial charge in [0.25, 0.3) is 0 Å². The van der Waals surface area contributed by atoms with Crippen molar-refractivity contribution in [2.75, 3.05) is 32.7 Å². The maximum atomic E-state index is 13.4. The molecule has 0 N–H and O–H groups in total. The van der Waals surface area contributed by atoms with Crippen LogP contribution < -0.4 is 0 Å². The molecule has 2 heterocycles. The van der Waals surface area contributed by atoms with Gasteiger partial charge in [-0.2, -0.15) is 0 Å². The minimum absolute atomic E-state index is 0.0676. The molecule has 2 fully saturated rings. The lowest BCUT2D eigenvalue weighted by atomic mass is 10.1. The van der Waals surface area contributed by atoms with Gasteiger partial charge >= 0.3 is 0 Å². The van der Waals surface area contributed by atoms with Crippen LogP contribution >= 0.6 is 0 Å². The van der Waals surface area contributed by atoms with Gasteiger partial charge in [0.15, 0.2) is 0 Å². The van der Waals surface area contributed by atoms with Crippen LogP contribution in [-0.2, 0) is 22.6 Å². The van der Waals surface area contributed by atoms with Crippen LogP contribution in [0.4, 0.5) is 0 Å². The van der Waals surface area contributed by atoms with E-state index in [0.717, 1.165) is 57.5 Å². The number of hydrogen-bond donors (Lipinski definition) is 0. The minimum atomic E-state index is -0.292. The van der Waals surface area contributed by atoms with Gasteiger partial charge in [-0.05, 0) is 42.9 Å². The van der Waals surface area contributed by atoms with Gasteiger partial charge in [-0.25, -0.2) is 0 Å². The highest BCUT2D eigenvalue weighted by Crippen LogP contribution is 2.22. The molecule has 4 rings (SSSR count). The van der Waals surface area contributed by atoms with E-state index in [-0.39, 0.29) is 17.9 Å². The largest absolute Gasteiger partial charge is 0.340 e. The van der Waals surface area contributed by atoms with Gasteiger partial charge in [-0.15, -0.1) is 0 Å². The van der Waals surface area contributed by atoms with Gasteiger partial charge in [0, 0.05) is 39.3 Å². The molecule has 0 spiro atoms. The van der Waals surface area contributed by atoms with Crippen LogP contribution in [0.25, 0.3) is 0 Å². The quantitative estimate of drug-likeness (QED) is 0.747. The Bertz CT molecular complexity index is 899. The first-order valence-electron chi connectivity index (χ1n) is 11.5. The fourth-order valence-corrected chi connectivity index (χ4v) is 4.78. The highest BCUT2D eigenvalue weighted by Gasteiger charge is 2.36. The lowest BCUT2D eigenvalue weighted by Crippen LogP contribution is -2.49. The molecule has 2 aromatic rings. The summed E-state index contributed by atoms with van der Waals surface area (Å²) in [6.45, 7) is 7.17. The normalized spacial score (nSPS) is 20.0. The molecule has 0 aromatic heterocycles. The van der Waals surface area contributed by atoms with Gasteiger partial charge in [0.1, 0.15) is 6.04 Å². The standard InChI is InChI=1S/C26H33N3O2/c1-21-9-5-6-12-23(21)20-27-14-8-15-28(18-17-27)26(31)24-13-7-16-29(24)25(30)19-22-10-3-2-4-11-22/h2-6,9-12,24H,7-8,13-20H2,1H3. The fourth-order valence-electron chi connectivity index (χ4n) is 4.78. The molecule has 5 nitrogen and oxygen atoms in total. The Balaban J connectivity index is 1.35. The molecule has 2 saturated heterocycles. The van der Waals surface area contributed by atoms with Gasteiger partial charge in [-0.1, -0.05) is 54.6 Å². The van der Waals surface area contributed by atoms with E-state index in [1.54, 1.807) is 0 Å². The molecular formula is C26H33N3O2. The Morgan fingerprint density at radius 1 is 0.871 bits per heavy atom. The van der Waals surface area contributed by atoms with Crippen molar-refractivity contribution < 1.29 is 9.59 Å². The van der Waals surface area contributed by atoms with Crippen LogP contribution in [0.15, 0.2) is 54.6 Å². The van der Waals surface area contributed by atoms with Crippen molar-refractivity contribution in [1.82, 2.24) is 14.7 Å². The van der Waals surface area contributed by atoms with E-state index in [9.17, 15) is 9.59 Å². The van der Waals surface area contributed by atoms with E-state index in [4.69, 9.17) is 0 Å². The van der Waals surface area contributed by atoms with E-state index in [2.05, 4.69) is 36.1 Å². The van der Waals surface area contributed by atoms with Crippen molar-refractivity contribution >= 4 is 11.8 Å². The lowest BCUT2D eigenvalue weighted by molar-refractivity contribution is -0.143. The zero-order valence-corrected chi connectivity index (χ0v) is 18.5. The Morgan fingerprint density at radius 3 is 2.45 bits per heavy atom. The Labute approximate surface area is 185 Å². The van der Waals surface area contributed by atoms with Crippen LogP contribution in [0, 0.1) is 6.92 Å².